The maximum absolute atomic E-state index is 3.73. The highest BCUT2D eigenvalue weighted by Gasteiger charge is 2.10. The van der Waals surface area contributed by atoms with Crippen LogP contribution in [0.25, 0.3) is 10.9 Å². The molecule has 0 amide bonds. The van der Waals surface area contributed by atoms with Gasteiger partial charge in [-0.3, -0.25) is 0 Å². The van der Waals surface area contributed by atoms with E-state index in [9.17, 15) is 0 Å². The first-order valence-electron chi connectivity index (χ1n) is 10.6. The molecule has 3 aromatic carbocycles. The van der Waals surface area contributed by atoms with Gasteiger partial charge in [0.2, 0.25) is 0 Å². The smallest absolute Gasteiger partial charge is 0.0486 e. The van der Waals surface area contributed by atoms with Crippen molar-refractivity contribution in [2.75, 3.05) is 0 Å². The lowest BCUT2D eigenvalue weighted by molar-refractivity contribution is 0.514. The summed E-state index contributed by atoms with van der Waals surface area (Å²) in [7, 11) is 0. The Kier molecular flexibility index (Phi) is 6.12. The van der Waals surface area contributed by atoms with Crippen molar-refractivity contribution in [2.45, 2.75) is 45.8 Å². The lowest BCUT2D eigenvalue weighted by Crippen LogP contribution is -2.25. The van der Waals surface area contributed by atoms with Gasteiger partial charge in [0.15, 0.2) is 0 Å². The summed E-state index contributed by atoms with van der Waals surface area (Å²) in [5.41, 5.74) is 6.74. The molecular formula is C27H30N2. The van der Waals surface area contributed by atoms with E-state index in [1.807, 2.05) is 0 Å². The number of hydrogen-bond acceptors (Lipinski definition) is 1. The minimum atomic E-state index is 0.481. The molecule has 148 valence electrons. The number of aryl methyl sites for hydroxylation is 2. The van der Waals surface area contributed by atoms with Crippen molar-refractivity contribution in [2.24, 2.45) is 0 Å². The highest BCUT2D eigenvalue weighted by Crippen LogP contribution is 2.23. The van der Waals surface area contributed by atoms with Gasteiger partial charge >= 0.3 is 0 Å². The first-order valence-corrected chi connectivity index (χ1v) is 10.6. The third kappa shape index (κ3) is 4.96. The van der Waals surface area contributed by atoms with E-state index < -0.39 is 0 Å². The van der Waals surface area contributed by atoms with Crippen molar-refractivity contribution < 1.29 is 0 Å². The summed E-state index contributed by atoms with van der Waals surface area (Å²) in [5.74, 6) is 0. The summed E-state index contributed by atoms with van der Waals surface area (Å²) in [6, 6.07) is 28.8. The lowest BCUT2D eigenvalue weighted by atomic mass is 10.1. The highest BCUT2D eigenvalue weighted by molar-refractivity contribution is 5.84. The van der Waals surface area contributed by atoms with Crippen LogP contribution in [0, 0.1) is 6.92 Å². The molecule has 1 atom stereocenters. The zero-order valence-electron chi connectivity index (χ0n) is 17.4. The van der Waals surface area contributed by atoms with Crippen LogP contribution in [0.3, 0.4) is 0 Å². The molecule has 0 saturated heterocycles. The van der Waals surface area contributed by atoms with Gasteiger partial charge in [-0.1, -0.05) is 78.4 Å². The first-order chi connectivity index (χ1) is 14.2. The number of aromatic nitrogens is 1. The average molecular weight is 383 g/mol. The van der Waals surface area contributed by atoms with E-state index in [2.05, 4.69) is 109 Å². The molecular weight excluding hydrogens is 352 g/mol. The molecule has 1 N–H and O–H groups in total. The number of nitrogens with one attached hydrogen (secondary N) is 1. The van der Waals surface area contributed by atoms with Gasteiger partial charge in [0, 0.05) is 36.2 Å². The maximum Gasteiger partial charge on any atom is 0.0486 e. The van der Waals surface area contributed by atoms with Gasteiger partial charge in [0.1, 0.15) is 0 Å². The molecule has 0 fully saturated rings. The molecule has 4 rings (SSSR count). The third-order valence-electron chi connectivity index (χ3n) is 5.69. The molecule has 0 aliphatic heterocycles. The SMILES string of the molecule is Cc1ccc(Cn2cc(CN[C@@H](C)CCc3ccccc3)c3ccccc32)cc1. The molecule has 1 aromatic heterocycles. The van der Waals surface area contributed by atoms with Crippen molar-refractivity contribution in [1.29, 1.82) is 0 Å². The van der Waals surface area contributed by atoms with Crippen LogP contribution in [0.15, 0.2) is 85.1 Å². The van der Waals surface area contributed by atoms with Crippen LogP contribution in [0.4, 0.5) is 0 Å². The van der Waals surface area contributed by atoms with Crippen LogP contribution < -0.4 is 5.32 Å². The zero-order chi connectivity index (χ0) is 20.1. The fraction of sp³-hybridized carbons (Fsp3) is 0.259. The second kappa shape index (κ2) is 9.11. The van der Waals surface area contributed by atoms with E-state index in [-0.39, 0.29) is 0 Å². The molecule has 0 aliphatic carbocycles. The lowest BCUT2D eigenvalue weighted by Gasteiger charge is -2.13. The van der Waals surface area contributed by atoms with Crippen molar-refractivity contribution >= 4 is 10.9 Å². The van der Waals surface area contributed by atoms with E-state index in [1.165, 1.54) is 33.2 Å². The Morgan fingerprint density at radius 2 is 1.55 bits per heavy atom. The maximum atomic E-state index is 3.73. The molecule has 0 bridgehead atoms. The van der Waals surface area contributed by atoms with Gasteiger partial charge < -0.3 is 9.88 Å². The molecule has 2 nitrogen and oxygen atoms in total. The van der Waals surface area contributed by atoms with Crippen LogP contribution in [-0.4, -0.2) is 10.6 Å². The Morgan fingerprint density at radius 1 is 0.828 bits per heavy atom. The fourth-order valence-corrected chi connectivity index (χ4v) is 3.90. The van der Waals surface area contributed by atoms with E-state index in [0.717, 1.165) is 25.9 Å². The number of fused-ring (bicyclic) bond motifs is 1. The minimum absolute atomic E-state index is 0.481. The second-order valence-corrected chi connectivity index (χ2v) is 8.09. The summed E-state index contributed by atoms with van der Waals surface area (Å²) in [4.78, 5) is 0. The number of para-hydroxylation sites is 1. The molecule has 1 heterocycles. The number of rotatable bonds is 8. The Bertz CT molecular complexity index is 1050. The van der Waals surface area contributed by atoms with Crippen LogP contribution in [0.2, 0.25) is 0 Å². The van der Waals surface area contributed by atoms with Crippen LogP contribution in [0.5, 0.6) is 0 Å². The molecule has 0 spiro atoms. The van der Waals surface area contributed by atoms with Crippen molar-refractivity contribution in [1.82, 2.24) is 9.88 Å². The predicted octanol–water partition coefficient (Wildman–Crippen LogP) is 6.11. The number of hydrogen-bond donors (Lipinski definition) is 1. The van der Waals surface area contributed by atoms with Gasteiger partial charge in [0.05, 0.1) is 0 Å². The first kappa shape index (κ1) is 19.5. The monoisotopic (exact) mass is 382 g/mol. The molecule has 0 saturated carbocycles. The van der Waals surface area contributed by atoms with Crippen LogP contribution >= 0.6 is 0 Å². The average Bonchev–Trinajstić information content (AvgIpc) is 3.11. The zero-order valence-corrected chi connectivity index (χ0v) is 17.4. The van der Waals surface area contributed by atoms with E-state index in [4.69, 9.17) is 0 Å². The van der Waals surface area contributed by atoms with Gasteiger partial charge in [0.25, 0.3) is 0 Å². The summed E-state index contributed by atoms with van der Waals surface area (Å²) in [6.45, 7) is 6.23. The Labute approximate surface area is 174 Å². The van der Waals surface area contributed by atoms with Gasteiger partial charge in [-0.25, -0.2) is 0 Å². The van der Waals surface area contributed by atoms with Crippen molar-refractivity contribution in [3.05, 3.63) is 107 Å². The molecule has 4 aromatic rings. The Balaban J connectivity index is 1.44. The van der Waals surface area contributed by atoms with Crippen LogP contribution in [-0.2, 0) is 19.5 Å². The highest BCUT2D eigenvalue weighted by atomic mass is 15.0. The normalized spacial score (nSPS) is 12.3. The topological polar surface area (TPSA) is 17.0 Å². The fourth-order valence-electron chi connectivity index (χ4n) is 3.90. The molecule has 2 heteroatoms. The van der Waals surface area contributed by atoms with Gasteiger partial charge in [-0.05, 0) is 49.4 Å². The minimum Gasteiger partial charge on any atom is -0.343 e. The molecule has 29 heavy (non-hydrogen) atoms. The largest absolute Gasteiger partial charge is 0.343 e. The number of benzene rings is 3. The Hall–Kier alpha value is -2.84. The van der Waals surface area contributed by atoms with Gasteiger partial charge in [-0.2, -0.15) is 0 Å². The molecule has 0 unspecified atom stereocenters. The van der Waals surface area contributed by atoms with E-state index in [1.54, 1.807) is 0 Å². The molecule has 0 radical (unpaired) electrons. The summed E-state index contributed by atoms with van der Waals surface area (Å²) < 4.78 is 2.38. The van der Waals surface area contributed by atoms with Gasteiger partial charge in [-0.15, -0.1) is 0 Å². The standard InChI is InChI=1S/C27H30N2/c1-21-12-15-24(16-13-21)19-29-20-25(26-10-6-7-11-27(26)29)18-28-22(2)14-17-23-8-4-3-5-9-23/h3-13,15-16,20,22,28H,14,17-19H2,1-2H3/t22-/m0/s1. The summed E-state index contributed by atoms with van der Waals surface area (Å²) >= 11 is 0. The molecule has 0 aliphatic rings. The second-order valence-electron chi connectivity index (χ2n) is 8.09. The van der Waals surface area contributed by atoms with Crippen molar-refractivity contribution in [3.63, 3.8) is 0 Å². The Morgan fingerprint density at radius 3 is 2.34 bits per heavy atom. The summed E-state index contributed by atoms with van der Waals surface area (Å²) in [6.07, 6.45) is 4.58. The van der Waals surface area contributed by atoms with Crippen LogP contribution in [0.1, 0.15) is 35.6 Å². The summed E-state index contributed by atoms with van der Waals surface area (Å²) in [5, 5.41) is 5.08. The number of nitrogens with zero attached hydrogens (tertiary/aromatic N) is 1. The van der Waals surface area contributed by atoms with Crippen molar-refractivity contribution in [3.8, 4) is 0 Å². The third-order valence-corrected chi connectivity index (χ3v) is 5.69. The predicted molar refractivity (Wildman–Crippen MR) is 123 cm³/mol. The van der Waals surface area contributed by atoms with E-state index >= 15 is 0 Å². The van der Waals surface area contributed by atoms with E-state index in [0.29, 0.717) is 6.04 Å². The quantitative estimate of drug-likeness (QED) is 0.389.